The smallest absolute Gasteiger partial charge is 0.00928 e. The highest BCUT2D eigenvalue weighted by Crippen LogP contribution is 2.25. The van der Waals surface area contributed by atoms with Crippen LogP contribution in [0.25, 0.3) is 0 Å². The van der Waals surface area contributed by atoms with E-state index in [1.54, 1.807) is 0 Å². The van der Waals surface area contributed by atoms with Crippen LogP contribution in [0.3, 0.4) is 0 Å². The van der Waals surface area contributed by atoms with Gasteiger partial charge in [0.05, 0.1) is 0 Å². The highest BCUT2D eigenvalue weighted by Gasteiger charge is 2.26. The number of hydrogen-bond donors (Lipinski definition) is 0. The number of rotatable bonds is 2. The Labute approximate surface area is 64.4 Å². The molecule has 1 nitrogen and oxygen atoms in total. The molecule has 0 spiro atoms. The van der Waals surface area contributed by atoms with Crippen LogP contribution < -0.4 is 0 Å². The fourth-order valence-electron chi connectivity index (χ4n) is 1.97. The van der Waals surface area contributed by atoms with Gasteiger partial charge in [-0.15, -0.1) is 0 Å². The minimum absolute atomic E-state index is 0.880. The van der Waals surface area contributed by atoms with Gasteiger partial charge in [0.25, 0.3) is 0 Å². The molecule has 1 saturated heterocycles. The van der Waals surface area contributed by atoms with E-state index in [1.165, 1.54) is 25.8 Å². The van der Waals surface area contributed by atoms with Crippen LogP contribution in [0.4, 0.5) is 0 Å². The molecule has 1 aliphatic rings. The first kappa shape index (κ1) is 8.06. The van der Waals surface area contributed by atoms with Gasteiger partial charge in [-0.25, -0.2) is 0 Å². The standard InChI is InChI=1S/C9H19N/c1-4-8-6-9(5-2)10(3)7-8/h8-9H,4-7H2,1-3H3. The van der Waals surface area contributed by atoms with Crippen LogP contribution >= 0.6 is 0 Å². The third kappa shape index (κ3) is 1.51. The van der Waals surface area contributed by atoms with Gasteiger partial charge in [-0.05, 0) is 25.8 Å². The molecule has 0 bridgehead atoms. The molecule has 0 aromatic carbocycles. The van der Waals surface area contributed by atoms with E-state index in [-0.39, 0.29) is 0 Å². The molecule has 1 rings (SSSR count). The quantitative estimate of drug-likeness (QED) is 0.569. The van der Waals surface area contributed by atoms with Gasteiger partial charge in [0.1, 0.15) is 0 Å². The first-order chi connectivity index (χ1) is 4.77. The Hall–Kier alpha value is -0.0400. The van der Waals surface area contributed by atoms with E-state index in [4.69, 9.17) is 0 Å². The Morgan fingerprint density at radius 1 is 1.30 bits per heavy atom. The van der Waals surface area contributed by atoms with Gasteiger partial charge in [-0.2, -0.15) is 0 Å². The lowest BCUT2D eigenvalue weighted by molar-refractivity contribution is 0.301. The van der Waals surface area contributed by atoms with Crippen LogP contribution in [0, 0.1) is 5.92 Å². The molecule has 0 aliphatic carbocycles. The second-order valence-electron chi connectivity index (χ2n) is 3.51. The van der Waals surface area contributed by atoms with E-state index in [2.05, 4.69) is 25.8 Å². The molecule has 0 N–H and O–H groups in total. The highest BCUT2D eigenvalue weighted by atomic mass is 15.1. The van der Waals surface area contributed by atoms with E-state index < -0.39 is 0 Å². The highest BCUT2D eigenvalue weighted by molar-refractivity contribution is 4.80. The van der Waals surface area contributed by atoms with Gasteiger partial charge < -0.3 is 4.90 Å². The molecule has 0 saturated carbocycles. The van der Waals surface area contributed by atoms with Crippen molar-refractivity contribution in [3.63, 3.8) is 0 Å². The zero-order valence-corrected chi connectivity index (χ0v) is 7.43. The zero-order valence-electron chi connectivity index (χ0n) is 7.43. The lowest BCUT2D eigenvalue weighted by Crippen LogP contribution is -2.23. The van der Waals surface area contributed by atoms with E-state index in [0.29, 0.717) is 0 Å². The number of hydrogen-bond acceptors (Lipinski definition) is 1. The van der Waals surface area contributed by atoms with E-state index in [0.717, 1.165) is 12.0 Å². The summed E-state index contributed by atoms with van der Waals surface area (Å²) in [6.07, 6.45) is 4.12. The fourth-order valence-corrected chi connectivity index (χ4v) is 1.97. The minimum Gasteiger partial charge on any atom is -0.303 e. The molecular weight excluding hydrogens is 122 g/mol. The fraction of sp³-hybridized carbons (Fsp3) is 1.00. The Balaban J connectivity index is 2.36. The van der Waals surface area contributed by atoms with Crippen LogP contribution in [0.2, 0.25) is 0 Å². The van der Waals surface area contributed by atoms with Crippen molar-refractivity contribution < 1.29 is 0 Å². The van der Waals surface area contributed by atoms with Crippen molar-refractivity contribution in [2.75, 3.05) is 13.6 Å². The third-order valence-electron chi connectivity index (χ3n) is 2.82. The van der Waals surface area contributed by atoms with Crippen LogP contribution in [-0.4, -0.2) is 24.5 Å². The lowest BCUT2D eigenvalue weighted by atomic mass is 10.0. The van der Waals surface area contributed by atoms with Gasteiger partial charge in [-0.3, -0.25) is 0 Å². The van der Waals surface area contributed by atoms with E-state index >= 15 is 0 Å². The van der Waals surface area contributed by atoms with Crippen molar-refractivity contribution in [2.45, 2.75) is 39.2 Å². The summed E-state index contributed by atoms with van der Waals surface area (Å²) in [5.74, 6) is 0.981. The Morgan fingerprint density at radius 3 is 2.30 bits per heavy atom. The van der Waals surface area contributed by atoms with Crippen molar-refractivity contribution in [1.82, 2.24) is 4.90 Å². The molecule has 60 valence electrons. The van der Waals surface area contributed by atoms with Crippen molar-refractivity contribution >= 4 is 0 Å². The third-order valence-corrected chi connectivity index (χ3v) is 2.82. The Bertz CT molecular complexity index is 101. The largest absolute Gasteiger partial charge is 0.303 e. The summed E-state index contributed by atoms with van der Waals surface area (Å²) >= 11 is 0. The number of likely N-dealkylation sites (tertiary alicyclic amines) is 1. The summed E-state index contributed by atoms with van der Waals surface area (Å²) in [7, 11) is 2.25. The van der Waals surface area contributed by atoms with Gasteiger partial charge in [0.15, 0.2) is 0 Å². The molecule has 0 aromatic heterocycles. The molecule has 1 heterocycles. The number of nitrogens with zero attached hydrogens (tertiary/aromatic N) is 1. The molecule has 1 heteroatoms. The SMILES string of the molecule is CCC1CC(CC)N(C)C1. The Kier molecular flexibility index (Phi) is 2.72. The molecule has 10 heavy (non-hydrogen) atoms. The predicted octanol–water partition coefficient (Wildman–Crippen LogP) is 2.13. The van der Waals surface area contributed by atoms with Gasteiger partial charge in [0, 0.05) is 12.6 Å². The topological polar surface area (TPSA) is 3.24 Å². The van der Waals surface area contributed by atoms with Gasteiger partial charge in [0.2, 0.25) is 0 Å². The Morgan fingerprint density at radius 2 is 2.00 bits per heavy atom. The average molecular weight is 141 g/mol. The molecule has 2 unspecified atom stereocenters. The molecule has 1 aliphatic heterocycles. The maximum absolute atomic E-state index is 2.51. The van der Waals surface area contributed by atoms with Crippen molar-refractivity contribution in [3.8, 4) is 0 Å². The maximum atomic E-state index is 2.51. The lowest BCUT2D eigenvalue weighted by Gasteiger charge is -2.16. The van der Waals surface area contributed by atoms with Crippen LogP contribution in [0.5, 0.6) is 0 Å². The zero-order chi connectivity index (χ0) is 7.56. The van der Waals surface area contributed by atoms with Crippen LogP contribution in [0.1, 0.15) is 33.1 Å². The monoisotopic (exact) mass is 141 g/mol. The van der Waals surface area contributed by atoms with E-state index in [9.17, 15) is 0 Å². The minimum atomic E-state index is 0.880. The van der Waals surface area contributed by atoms with E-state index in [1.807, 2.05) is 0 Å². The first-order valence-electron chi connectivity index (χ1n) is 4.48. The second kappa shape index (κ2) is 3.38. The van der Waals surface area contributed by atoms with Crippen LogP contribution in [0.15, 0.2) is 0 Å². The summed E-state index contributed by atoms with van der Waals surface area (Å²) in [4.78, 5) is 2.51. The first-order valence-corrected chi connectivity index (χ1v) is 4.48. The molecule has 2 atom stereocenters. The summed E-state index contributed by atoms with van der Waals surface area (Å²) in [5, 5.41) is 0. The molecule has 0 aromatic rings. The molecular formula is C9H19N. The molecule has 1 fully saturated rings. The summed E-state index contributed by atoms with van der Waals surface area (Å²) in [6, 6.07) is 0.880. The second-order valence-corrected chi connectivity index (χ2v) is 3.51. The summed E-state index contributed by atoms with van der Waals surface area (Å²) < 4.78 is 0. The summed E-state index contributed by atoms with van der Waals surface area (Å²) in [5.41, 5.74) is 0. The maximum Gasteiger partial charge on any atom is 0.00928 e. The van der Waals surface area contributed by atoms with Crippen molar-refractivity contribution in [3.05, 3.63) is 0 Å². The molecule has 0 amide bonds. The summed E-state index contributed by atoms with van der Waals surface area (Å²) in [6.45, 7) is 5.92. The predicted molar refractivity (Wildman–Crippen MR) is 45.1 cm³/mol. The molecule has 0 radical (unpaired) electrons. The van der Waals surface area contributed by atoms with Gasteiger partial charge in [-0.1, -0.05) is 20.3 Å². The van der Waals surface area contributed by atoms with Crippen molar-refractivity contribution in [2.24, 2.45) is 5.92 Å². The van der Waals surface area contributed by atoms with Gasteiger partial charge >= 0.3 is 0 Å². The normalized spacial score (nSPS) is 35.1. The van der Waals surface area contributed by atoms with Crippen molar-refractivity contribution in [1.29, 1.82) is 0 Å². The van der Waals surface area contributed by atoms with Crippen LogP contribution in [-0.2, 0) is 0 Å². The average Bonchev–Trinajstić information content (AvgIpc) is 2.30.